The number of anilines is 2. The molecule has 116 valence electrons. The van der Waals surface area contributed by atoms with Crippen LogP contribution < -0.4 is 15.4 Å². The molecule has 23 heavy (non-hydrogen) atoms. The van der Waals surface area contributed by atoms with Crippen LogP contribution in [0.4, 0.5) is 17.1 Å². The zero-order valence-corrected chi connectivity index (χ0v) is 12.4. The summed E-state index contributed by atoms with van der Waals surface area (Å²) in [5.74, 6) is 0.723. The van der Waals surface area contributed by atoms with E-state index in [0.29, 0.717) is 17.6 Å². The second-order valence-corrected chi connectivity index (χ2v) is 5.34. The summed E-state index contributed by atoms with van der Waals surface area (Å²) >= 11 is 0. The first kappa shape index (κ1) is 13.6. The molecule has 4 rings (SSSR count). The fourth-order valence-electron chi connectivity index (χ4n) is 3.00. The molecule has 1 aliphatic rings. The van der Waals surface area contributed by atoms with Crippen LogP contribution in [0.25, 0.3) is 21.8 Å². The van der Waals surface area contributed by atoms with Gasteiger partial charge in [0.2, 0.25) is 0 Å². The summed E-state index contributed by atoms with van der Waals surface area (Å²) in [4.78, 5) is 15.5. The molecule has 0 unspecified atom stereocenters. The summed E-state index contributed by atoms with van der Waals surface area (Å²) in [6.45, 7) is 1.45. The average Bonchev–Trinajstić information content (AvgIpc) is 2.78. The van der Waals surface area contributed by atoms with Crippen LogP contribution in [-0.2, 0) is 0 Å². The molecule has 0 aliphatic carbocycles. The molecule has 0 saturated carbocycles. The third-order valence-electron chi connectivity index (χ3n) is 4.05. The molecule has 0 bridgehead atoms. The summed E-state index contributed by atoms with van der Waals surface area (Å²) < 4.78 is 5.30. The van der Waals surface area contributed by atoms with Gasteiger partial charge in [-0.1, -0.05) is 0 Å². The minimum atomic E-state index is -0.393. The minimum absolute atomic E-state index is 0.00761. The van der Waals surface area contributed by atoms with E-state index in [4.69, 9.17) is 4.74 Å². The highest BCUT2D eigenvalue weighted by Crippen LogP contribution is 2.41. The van der Waals surface area contributed by atoms with Crippen LogP contribution in [0, 0.1) is 10.1 Å². The highest BCUT2D eigenvalue weighted by atomic mass is 16.6. The molecule has 0 atom stereocenters. The molecule has 7 heteroatoms. The maximum absolute atomic E-state index is 11.4. The van der Waals surface area contributed by atoms with E-state index >= 15 is 0 Å². The molecular formula is C16H14N4O3. The zero-order chi connectivity index (χ0) is 16.0. The Hall–Kier alpha value is -3.09. The van der Waals surface area contributed by atoms with Gasteiger partial charge in [-0.2, -0.15) is 0 Å². The van der Waals surface area contributed by atoms with Crippen molar-refractivity contribution >= 4 is 38.9 Å². The number of ether oxygens (including phenoxy) is 1. The Balaban J connectivity index is 2.20. The highest BCUT2D eigenvalue weighted by Gasteiger charge is 2.22. The fourth-order valence-corrected chi connectivity index (χ4v) is 3.00. The van der Waals surface area contributed by atoms with Crippen LogP contribution in [0.2, 0.25) is 0 Å². The lowest BCUT2D eigenvalue weighted by Crippen LogP contribution is -2.10. The molecule has 0 saturated heterocycles. The Morgan fingerprint density at radius 3 is 2.83 bits per heavy atom. The number of hydrogen-bond acceptors (Lipinski definition) is 6. The fraction of sp³-hybridized carbons (Fsp3) is 0.188. The Morgan fingerprint density at radius 1 is 1.22 bits per heavy atom. The van der Waals surface area contributed by atoms with Gasteiger partial charge in [0, 0.05) is 30.2 Å². The molecule has 0 fully saturated rings. The summed E-state index contributed by atoms with van der Waals surface area (Å²) in [5, 5.41) is 19.7. The molecule has 3 aromatic rings. The van der Waals surface area contributed by atoms with Crippen molar-refractivity contribution in [3.05, 3.63) is 40.4 Å². The number of nitro benzene ring substituents is 1. The smallest absolute Gasteiger partial charge is 0.295 e. The first-order valence-electron chi connectivity index (χ1n) is 7.25. The lowest BCUT2D eigenvalue weighted by molar-refractivity contribution is -0.383. The standard InChI is InChI=1S/C16H14N4O3/c1-23-9-2-3-11-10(8-9)15-14-12(17-6-7-18-15)4-5-13(20(21)22)16(14)19-11/h2-5,8,17-18H,6-7H2,1H3. The number of pyridine rings is 1. The largest absolute Gasteiger partial charge is 0.497 e. The number of methoxy groups -OCH3 is 1. The Labute approximate surface area is 131 Å². The van der Waals surface area contributed by atoms with E-state index in [1.807, 2.05) is 12.1 Å². The van der Waals surface area contributed by atoms with E-state index < -0.39 is 4.92 Å². The van der Waals surface area contributed by atoms with Crippen LogP contribution in [0.5, 0.6) is 5.75 Å². The minimum Gasteiger partial charge on any atom is -0.497 e. The van der Waals surface area contributed by atoms with E-state index in [1.165, 1.54) is 6.07 Å². The number of fused-ring (bicyclic) bond motifs is 2. The van der Waals surface area contributed by atoms with Crippen molar-refractivity contribution in [2.45, 2.75) is 0 Å². The van der Waals surface area contributed by atoms with Crippen molar-refractivity contribution in [2.24, 2.45) is 0 Å². The molecule has 2 heterocycles. The van der Waals surface area contributed by atoms with E-state index in [0.717, 1.165) is 34.4 Å². The Morgan fingerprint density at radius 2 is 2.04 bits per heavy atom. The first-order chi connectivity index (χ1) is 11.2. The van der Waals surface area contributed by atoms with Gasteiger partial charge in [-0.15, -0.1) is 0 Å². The van der Waals surface area contributed by atoms with Crippen LogP contribution in [-0.4, -0.2) is 30.1 Å². The van der Waals surface area contributed by atoms with Crippen molar-refractivity contribution in [3.63, 3.8) is 0 Å². The molecular weight excluding hydrogens is 296 g/mol. The zero-order valence-electron chi connectivity index (χ0n) is 12.4. The van der Waals surface area contributed by atoms with Crippen molar-refractivity contribution in [1.82, 2.24) is 4.98 Å². The predicted molar refractivity (Wildman–Crippen MR) is 89.4 cm³/mol. The summed E-state index contributed by atoms with van der Waals surface area (Å²) in [6.07, 6.45) is 0. The van der Waals surface area contributed by atoms with E-state index in [-0.39, 0.29) is 5.69 Å². The van der Waals surface area contributed by atoms with Crippen LogP contribution in [0.1, 0.15) is 0 Å². The lowest BCUT2D eigenvalue weighted by Gasteiger charge is -2.13. The summed E-state index contributed by atoms with van der Waals surface area (Å²) in [7, 11) is 1.61. The maximum atomic E-state index is 11.4. The third kappa shape index (κ3) is 2.01. The number of hydrogen-bond donors (Lipinski definition) is 2. The van der Waals surface area contributed by atoms with E-state index in [1.54, 1.807) is 19.2 Å². The third-order valence-corrected chi connectivity index (χ3v) is 4.05. The summed E-state index contributed by atoms with van der Waals surface area (Å²) in [5.41, 5.74) is 2.80. The molecule has 1 aliphatic heterocycles. The molecule has 7 nitrogen and oxygen atoms in total. The molecule has 2 aromatic carbocycles. The van der Waals surface area contributed by atoms with E-state index in [2.05, 4.69) is 15.6 Å². The summed E-state index contributed by atoms with van der Waals surface area (Å²) in [6, 6.07) is 8.77. The SMILES string of the molecule is COc1ccc2nc3c([N+](=O)[O-])ccc4c3c(c2c1)NCCN4. The second-order valence-electron chi connectivity index (χ2n) is 5.34. The van der Waals surface area contributed by atoms with Crippen molar-refractivity contribution in [2.75, 3.05) is 30.8 Å². The van der Waals surface area contributed by atoms with Gasteiger partial charge < -0.3 is 15.4 Å². The van der Waals surface area contributed by atoms with Crippen LogP contribution in [0.15, 0.2) is 30.3 Å². The number of nitro groups is 1. The topological polar surface area (TPSA) is 89.3 Å². The average molecular weight is 310 g/mol. The molecule has 0 amide bonds. The van der Waals surface area contributed by atoms with Gasteiger partial charge in [-0.25, -0.2) is 4.98 Å². The first-order valence-corrected chi connectivity index (χ1v) is 7.25. The van der Waals surface area contributed by atoms with Crippen LogP contribution in [0.3, 0.4) is 0 Å². The highest BCUT2D eigenvalue weighted by molar-refractivity contribution is 6.15. The number of aromatic nitrogens is 1. The van der Waals surface area contributed by atoms with E-state index in [9.17, 15) is 10.1 Å². The monoisotopic (exact) mass is 310 g/mol. The molecule has 1 aromatic heterocycles. The van der Waals surface area contributed by atoms with Gasteiger partial charge in [-0.3, -0.25) is 10.1 Å². The maximum Gasteiger partial charge on any atom is 0.295 e. The molecule has 0 spiro atoms. The van der Waals surface area contributed by atoms with Gasteiger partial charge in [0.25, 0.3) is 5.69 Å². The quantitative estimate of drug-likeness (QED) is 0.429. The van der Waals surface area contributed by atoms with Crippen molar-refractivity contribution in [3.8, 4) is 5.75 Å². The number of nitrogens with one attached hydrogen (secondary N) is 2. The normalized spacial score (nSPS) is 13.3. The number of nitrogens with zero attached hydrogens (tertiary/aromatic N) is 2. The molecule has 2 N–H and O–H groups in total. The van der Waals surface area contributed by atoms with Gasteiger partial charge in [-0.05, 0) is 24.3 Å². The van der Waals surface area contributed by atoms with Gasteiger partial charge in [0.05, 0.1) is 28.6 Å². The molecule has 0 radical (unpaired) electrons. The van der Waals surface area contributed by atoms with Crippen LogP contribution >= 0.6 is 0 Å². The Bertz CT molecular complexity index is 955. The van der Waals surface area contributed by atoms with Gasteiger partial charge >= 0.3 is 0 Å². The predicted octanol–water partition coefficient (Wildman–Crippen LogP) is 3.14. The van der Waals surface area contributed by atoms with Gasteiger partial charge in [0.15, 0.2) is 5.52 Å². The van der Waals surface area contributed by atoms with Crippen molar-refractivity contribution in [1.29, 1.82) is 0 Å². The second kappa shape index (κ2) is 4.98. The number of non-ortho nitro benzene ring substituents is 1. The lowest BCUT2D eigenvalue weighted by atomic mass is 10.0. The number of rotatable bonds is 2. The Kier molecular flexibility index (Phi) is 2.94. The number of benzene rings is 2. The van der Waals surface area contributed by atoms with Gasteiger partial charge in [0.1, 0.15) is 5.75 Å². The van der Waals surface area contributed by atoms with Crippen molar-refractivity contribution < 1.29 is 9.66 Å².